The molecule has 3 aromatic carbocycles. The minimum atomic E-state index is -5.83. The lowest BCUT2D eigenvalue weighted by Gasteiger charge is -2.37. The zero-order chi connectivity index (χ0) is 32.3. The van der Waals surface area contributed by atoms with Crippen LogP contribution in [0.25, 0.3) is 0 Å². The summed E-state index contributed by atoms with van der Waals surface area (Å²) in [5.41, 5.74) is -2.73. The SMILES string of the molecule is CC(C)(C)OC(=O)C(Oc1ccccc1C(C(=O)OCC(F)(F)S(=O)(=O)O)C(C)(C)C)(c1ccccc1)c1ccccc1. The van der Waals surface area contributed by atoms with Gasteiger partial charge in [0, 0.05) is 16.7 Å². The molecule has 0 fully saturated rings. The van der Waals surface area contributed by atoms with E-state index < -0.39 is 56.5 Å². The molecule has 0 saturated carbocycles. The van der Waals surface area contributed by atoms with Crippen molar-refractivity contribution in [3.63, 3.8) is 0 Å². The van der Waals surface area contributed by atoms with Gasteiger partial charge in [-0.05, 0) is 32.3 Å². The summed E-state index contributed by atoms with van der Waals surface area (Å²) in [5, 5.41) is -4.71. The maximum Gasteiger partial charge on any atom is 0.402 e. The molecule has 0 bridgehead atoms. The fourth-order valence-electron chi connectivity index (χ4n) is 4.49. The van der Waals surface area contributed by atoms with Gasteiger partial charge < -0.3 is 14.2 Å². The van der Waals surface area contributed by atoms with Crippen LogP contribution in [0.2, 0.25) is 0 Å². The summed E-state index contributed by atoms with van der Waals surface area (Å²) in [6, 6.07) is 23.6. The highest BCUT2D eigenvalue weighted by Gasteiger charge is 2.50. The minimum Gasteiger partial charge on any atom is -0.466 e. The quantitative estimate of drug-likeness (QED) is 0.202. The van der Waals surface area contributed by atoms with Gasteiger partial charge in [0.05, 0.1) is 5.92 Å². The van der Waals surface area contributed by atoms with Crippen LogP contribution in [0.15, 0.2) is 84.9 Å². The Kier molecular flexibility index (Phi) is 9.72. The molecule has 3 aromatic rings. The van der Waals surface area contributed by atoms with E-state index in [1.54, 1.807) is 114 Å². The number of carbonyl (C=O) groups excluding carboxylic acids is 2. The van der Waals surface area contributed by atoms with Gasteiger partial charge in [-0.2, -0.15) is 17.2 Å². The van der Waals surface area contributed by atoms with Crippen molar-refractivity contribution in [2.24, 2.45) is 5.41 Å². The van der Waals surface area contributed by atoms with Crippen molar-refractivity contribution < 1.29 is 45.6 Å². The summed E-state index contributed by atoms with van der Waals surface area (Å²) in [4.78, 5) is 27.6. The van der Waals surface area contributed by atoms with Crippen molar-refractivity contribution >= 4 is 22.1 Å². The fourth-order valence-corrected chi connectivity index (χ4v) is 4.70. The van der Waals surface area contributed by atoms with Crippen LogP contribution in [0.3, 0.4) is 0 Å². The Morgan fingerprint density at radius 2 is 1.26 bits per heavy atom. The number of hydrogen-bond acceptors (Lipinski definition) is 7. The highest BCUT2D eigenvalue weighted by Crippen LogP contribution is 2.44. The molecule has 0 aliphatic rings. The molecule has 8 nitrogen and oxygen atoms in total. The van der Waals surface area contributed by atoms with E-state index in [-0.39, 0.29) is 11.3 Å². The number of benzene rings is 3. The normalized spacial score (nSPS) is 13.6. The first-order valence-electron chi connectivity index (χ1n) is 13.4. The first-order chi connectivity index (χ1) is 19.8. The molecule has 0 aromatic heterocycles. The molecule has 232 valence electrons. The van der Waals surface area contributed by atoms with E-state index in [9.17, 15) is 26.8 Å². The molecule has 1 unspecified atom stereocenters. The maximum absolute atomic E-state index is 14.2. The molecule has 1 N–H and O–H groups in total. The molecule has 43 heavy (non-hydrogen) atoms. The van der Waals surface area contributed by atoms with E-state index in [0.29, 0.717) is 11.1 Å². The number of alkyl halides is 2. The van der Waals surface area contributed by atoms with Gasteiger partial charge in [-0.15, -0.1) is 0 Å². The van der Waals surface area contributed by atoms with Gasteiger partial charge in [-0.25, -0.2) is 4.79 Å². The van der Waals surface area contributed by atoms with E-state index in [2.05, 4.69) is 0 Å². The van der Waals surface area contributed by atoms with Gasteiger partial charge in [-0.1, -0.05) is 99.6 Å². The average Bonchev–Trinajstić information content (AvgIpc) is 2.90. The van der Waals surface area contributed by atoms with Gasteiger partial charge in [0.15, 0.2) is 6.61 Å². The Morgan fingerprint density at radius 3 is 1.70 bits per heavy atom. The van der Waals surface area contributed by atoms with Crippen LogP contribution < -0.4 is 4.74 Å². The zero-order valence-electron chi connectivity index (χ0n) is 24.8. The van der Waals surface area contributed by atoms with E-state index in [1.807, 2.05) is 0 Å². The fraction of sp³-hybridized carbons (Fsp3) is 0.375. The van der Waals surface area contributed by atoms with Crippen LogP contribution in [-0.4, -0.2) is 42.4 Å². The van der Waals surface area contributed by atoms with E-state index in [4.69, 9.17) is 18.8 Å². The molecule has 0 radical (unpaired) electrons. The average molecular weight is 619 g/mol. The lowest BCUT2D eigenvalue weighted by molar-refractivity contribution is -0.171. The van der Waals surface area contributed by atoms with Crippen LogP contribution in [0, 0.1) is 5.41 Å². The van der Waals surface area contributed by atoms with Crippen molar-refractivity contribution in [3.05, 3.63) is 102 Å². The number of ether oxygens (including phenoxy) is 3. The van der Waals surface area contributed by atoms with Crippen molar-refractivity contribution in [1.29, 1.82) is 0 Å². The van der Waals surface area contributed by atoms with Gasteiger partial charge in [0.2, 0.25) is 0 Å². The van der Waals surface area contributed by atoms with Crippen LogP contribution >= 0.6 is 0 Å². The molecule has 11 heteroatoms. The smallest absolute Gasteiger partial charge is 0.402 e. The number of rotatable bonds is 10. The monoisotopic (exact) mass is 618 g/mol. The lowest BCUT2D eigenvalue weighted by Crippen LogP contribution is -2.47. The predicted octanol–water partition coefficient (Wildman–Crippen LogP) is 6.50. The molecular weight excluding hydrogens is 582 g/mol. The molecule has 0 heterocycles. The first kappa shape index (κ1) is 33.7. The van der Waals surface area contributed by atoms with Crippen molar-refractivity contribution in [1.82, 2.24) is 0 Å². The molecule has 0 spiro atoms. The largest absolute Gasteiger partial charge is 0.466 e. The summed E-state index contributed by atoms with van der Waals surface area (Å²) in [6.07, 6.45) is 0. The van der Waals surface area contributed by atoms with Crippen LogP contribution in [0.1, 0.15) is 64.2 Å². The minimum absolute atomic E-state index is 0.0551. The van der Waals surface area contributed by atoms with Gasteiger partial charge >= 0.3 is 27.3 Å². The van der Waals surface area contributed by atoms with E-state index in [0.717, 1.165) is 0 Å². The van der Waals surface area contributed by atoms with E-state index in [1.165, 1.54) is 12.1 Å². The molecule has 1 atom stereocenters. The number of para-hydroxylation sites is 1. The Balaban J connectivity index is 2.23. The molecule has 0 amide bonds. The topological polar surface area (TPSA) is 116 Å². The Bertz CT molecular complexity index is 1490. The van der Waals surface area contributed by atoms with E-state index >= 15 is 0 Å². The highest BCUT2D eigenvalue weighted by molar-refractivity contribution is 7.86. The van der Waals surface area contributed by atoms with Gasteiger partial charge in [0.1, 0.15) is 11.4 Å². The summed E-state index contributed by atoms with van der Waals surface area (Å²) in [5.74, 6) is -3.15. The molecule has 0 aliphatic carbocycles. The highest BCUT2D eigenvalue weighted by atomic mass is 32.2. The Labute approximate surface area is 250 Å². The first-order valence-corrected chi connectivity index (χ1v) is 14.9. The summed E-state index contributed by atoms with van der Waals surface area (Å²) < 4.78 is 76.3. The number of halogens is 2. The van der Waals surface area contributed by atoms with Crippen LogP contribution in [0.4, 0.5) is 8.78 Å². The predicted molar refractivity (Wildman–Crippen MR) is 156 cm³/mol. The molecule has 0 aliphatic heterocycles. The third-order valence-corrected chi connectivity index (χ3v) is 7.27. The third kappa shape index (κ3) is 7.77. The maximum atomic E-state index is 14.2. The zero-order valence-corrected chi connectivity index (χ0v) is 25.7. The molecule has 0 saturated heterocycles. The van der Waals surface area contributed by atoms with Crippen LogP contribution in [0.5, 0.6) is 5.75 Å². The number of hydrogen-bond donors (Lipinski definition) is 1. The Hall–Kier alpha value is -3.83. The van der Waals surface area contributed by atoms with Gasteiger partial charge in [0.25, 0.3) is 5.60 Å². The van der Waals surface area contributed by atoms with Gasteiger partial charge in [-0.3, -0.25) is 9.35 Å². The summed E-state index contributed by atoms with van der Waals surface area (Å²) in [7, 11) is -5.83. The van der Waals surface area contributed by atoms with Crippen molar-refractivity contribution in [2.75, 3.05) is 6.61 Å². The number of esters is 2. The second-order valence-electron chi connectivity index (χ2n) is 12.1. The van der Waals surface area contributed by atoms with Crippen molar-refractivity contribution in [2.45, 2.75) is 63.9 Å². The summed E-state index contributed by atoms with van der Waals surface area (Å²) >= 11 is 0. The molecular formula is C32H36F2O8S. The number of carbonyl (C=O) groups is 2. The lowest BCUT2D eigenvalue weighted by atomic mass is 9.76. The molecule has 3 rings (SSSR count). The second-order valence-corrected chi connectivity index (χ2v) is 13.6. The van der Waals surface area contributed by atoms with Crippen molar-refractivity contribution in [3.8, 4) is 5.75 Å². The third-order valence-electron chi connectivity index (χ3n) is 6.40. The Morgan fingerprint density at radius 1 is 0.791 bits per heavy atom. The van der Waals surface area contributed by atoms with Crippen LogP contribution in [-0.2, 0) is 34.8 Å². The summed E-state index contributed by atoms with van der Waals surface area (Å²) in [6.45, 7) is 8.23. The standard InChI is InChI=1S/C32H36F2O8S/c1-29(2,3)26(27(35)40-21-31(33,34)43(37,38)39)24-19-13-14-20-25(24)41-32(22-15-9-7-10-16-22,23-17-11-8-12-18-23)28(36)42-30(4,5)6/h7-20,26H,21H2,1-6H3,(H,37,38,39). The second kappa shape index (κ2) is 12.4.